The first-order chi connectivity index (χ1) is 11.2. The third-order valence-electron chi connectivity index (χ3n) is 3.72. The van der Waals surface area contributed by atoms with Crippen molar-refractivity contribution in [1.82, 2.24) is 9.88 Å². The number of benzene rings is 1. The van der Waals surface area contributed by atoms with E-state index < -0.39 is 0 Å². The van der Waals surface area contributed by atoms with Crippen molar-refractivity contribution in [2.24, 2.45) is 0 Å². The second kappa shape index (κ2) is 6.91. The van der Waals surface area contributed by atoms with Gasteiger partial charge in [0.1, 0.15) is 16.9 Å². The van der Waals surface area contributed by atoms with Crippen molar-refractivity contribution in [2.45, 2.75) is 11.9 Å². The number of hydrogen-bond donors (Lipinski definition) is 0. The van der Waals surface area contributed by atoms with Gasteiger partial charge >= 0.3 is 0 Å². The predicted octanol–water partition coefficient (Wildman–Crippen LogP) is 2.87. The second-order valence-corrected chi connectivity index (χ2v) is 6.25. The molecule has 0 spiro atoms. The number of amides is 1. The van der Waals surface area contributed by atoms with Crippen molar-refractivity contribution in [3.05, 3.63) is 53.9 Å². The number of hydrogen-bond acceptors (Lipinski definition) is 5. The lowest BCUT2D eigenvalue weighted by atomic mass is 10.1. The number of methoxy groups -OCH3 is 2. The van der Waals surface area contributed by atoms with Gasteiger partial charge in [-0.05, 0) is 35.4 Å². The van der Waals surface area contributed by atoms with Gasteiger partial charge in [-0.25, -0.2) is 0 Å². The van der Waals surface area contributed by atoms with E-state index >= 15 is 0 Å². The molecule has 2 heterocycles. The molecule has 5 nitrogen and oxygen atoms in total. The topological polar surface area (TPSA) is 51.7 Å². The number of ether oxygens (including phenoxy) is 2. The standard InChI is InChI=1S/C17H18N2O3S/c1-21-14-7-12(8-15(9-14)22-2)10-19-16(20)11-23-17(19)13-3-5-18-6-4-13/h3-9,17H,10-11H2,1-2H3. The van der Waals surface area contributed by atoms with Crippen molar-refractivity contribution >= 4 is 17.7 Å². The quantitative estimate of drug-likeness (QED) is 0.844. The molecule has 0 bridgehead atoms. The summed E-state index contributed by atoms with van der Waals surface area (Å²) in [6, 6.07) is 9.60. The average Bonchev–Trinajstić information content (AvgIpc) is 2.96. The van der Waals surface area contributed by atoms with Crippen molar-refractivity contribution in [3.63, 3.8) is 0 Å². The number of thioether (sulfide) groups is 1. The summed E-state index contributed by atoms with van der Waals surface area (Å²) in [5, 5.41) is 0.0164. The van der Waals surface area contributed by atoms with Gasteiger partial charge in [0.05, 0.1) is 20.0 Å². The van der Waals surface area contributed by atoms with Crippen LogP contribution in [-0.4, -0.2) is 35.8 Å². The van der Waals surface area contributed by atoms with Crippen LogP contribution < -0.4 is 9.47 Å². The Morgan fingerprint density at radius 2 is 1.83 bits per heavy atom. The molecule has 1 fully saturated rings. The molecule has 3 rings (SSSR count). The average molecular weight is 330 g/mol. The molecule has 0 N–H and O–H groups in total. The molecular formula is C17H18N2O3S. The number of carbonyl (C=O) groups is 1. The lowest BCUT2D eigenvalue weighted by Gasteiger charge is -2.24. The molecule has 0 radical (unpaired) electrons. The smallest absolute Gasteiger partial charge is 0.234 e. The molecule has 2 aromatic rings. The lowest BCUT2D eigenvalue weighted by molar-refractivity contribution is -0.128. The zero-order valence-corrected chi connectivity index (χ0v) is 13.9. The molecule has 1 aromatic carbocycles. The van der Waals surface area contributed by atoms with Gasteiger partial charge in [0.2, 0.25) is 5.91 Å². The van der Waals surface area contributed by atoms with Crippen LogP contribution in [-0.2, 0) is 11.3 Å². The van der Waals surface area contributed by atoms with Crippen molar-refractivity contribution in [3.8, 4) is 11.5 Å². The number of nitrogens with zero attached hydrogens (tertiary/aromatic N) is 2. The van der Waals surface area contributed by atoms with Crippen LogP contribution in [0.3, 0.4) is 0 Å². The van der Waals surface area contributed by atoms with E-state index in [1.54, 1.807) is 38.4 Å². The molecule has 1 aliphatic rings. The van der Waals surface area contributed by atoms with Crippen LogP contribution in [0.15, 0.2) is 42.7 Å². The fourth-order valence-electron chi connectivity index (χ4n) is 2.58. The summed E-state index contributed by atoms with van der Waals surface area (Å²) in [5.41, 5.74) is 2.07. The monoisotopic (exact) mass is 330 g/mol. The third kappa shape index (κ3) is 3.42. The molecule has 23 heavy (non-hydrogen) atoms. The molecular weight excluding hydrogens is 312 g/mol. The maximum atomic E-state index is 12.3. The highest BCUT2D eigenvalue weighted by Gasteiger charge is 2.32. The number of carbonyl (C=O) groups excluding carboxylic acids is 1. The van der Waals surface area contributed by atoms with E-state index in [1.165, 1.54) is 0 Å². The Morgan fingerprint density at radius 3 is 2.43 bits per heavy atom. The van der Waals surface area contributed by atoms with Gasteiger partial charge < -0.3 is 14.4 Å². The summed E-state index contributed by atoms with van der Waals surface area (Å²) in [7, 11) is 3.24. The first-order valence-corrected chi connectivity index (χ1v) is 8.29. The highest BCUT2D eigenvalue weighted by molar-refractivity contribution is 8.00. The van der Waals surface area contributed by atoms with Gasteiger partial charge in [-0.15, -0.1) is 11.8 Å². The minimum atomic E-state index is 0.0164. The van der Waals surface area contributed by atoms with E-state index in [0.717, 1.165) is 22.6 Å². The van der Waals surface area contributed by atoms with Crippen LogP contribution in [0.5, 0.6) is 11.5 Å². The molecule has 1 atom stereocenters. The largest absolute Gasteiger partial charge is 0.497 e. The minimum Gasteiger partial charge on any atom is -0.497 e. The lowest BCUT2D eigenvalue weighted by Crippen LogP contribution is -2.27. The summed E-state index contributed by atoms with van der Waals surface area (Å²) in [5.74, 6) is 2.07. The number of aromatic nitrogens is 1. The van der Waals surface area contributed by atoms with E-state index in [9.17, 15) is 4.79 Å². The van der Waals surface area contributed by atoms with Crippen LogP contribution in [0.4, 0.5) is 0 Å². The second-order valence-electron chi connectivity index (χ2n) is 5.19. The minimum absolute atomic E-state index is 0.0164. The van der Waals surface area contributed by atoms with Crippen LogP contribution in [0.1, 0.15) is 16.5 Å². The zero-order chi connectivity index (χ0) is 16.2. The third-order valence-corrected chi connectivity index (χ3v) is 4.98. The van der Waals surface area contributed by atoms with Gasteiger partial charge in [0.25, 0.3) is 0 Å². The van der Waals surface area contributed by atoms with E-state index in [-0.39, 0.29) is 11.3 Å². The molecule has 0 aliphatic carbocycles. The highest BCUT2D eigenvalue weighted by atomic mass is 32.2. The predicted molar refractivity (Wildman–Crippen MR) is 89.5 cm³/mol. The maximum absolute atomic E-state index is 12.3. The van der Waals surface area contributed by atoms with Gasteiger partial charge in [0.15, 0.2) is 0 Å². The summed E-state index contributed by atoms with van der Waals surface area (Å²) < 4.78 is 10.6. The van der Waals surface area contributed by atoms with Crippen molar-refractivity contribution in [1.29, 1.82) is 0 Å². The van der Waals surface area contributed by atoms with Crippen LogP contribution >= 0.6 is 11.8 Å². The summed E-state index contributed by atoms with van der Waals surface area (Å²) in [4.78, 5) is 18.2. The fourth-order valence-corrected chi connectivity index (χ4v) is 3.77. The van der Waals surface area contributed by atoms with Gasteiger partial charge in [-0.1, -0.05) is 0 Å². The van der Waals surface area contributed by atoms with E-state index in [2.05, 4.69) is 4.98 Å². The first-order valence-electron chi connectivity index (χ1n) is 7.24. The molecule has 1 amide bonds. The van der Waals surface area contributed by atoms with Crippen LogP contribution in [0, 0.1) is 0 Å². The van der Waals surface area contributed by atoms with Gasteiger partial charge in [0, 0.05) is 25.0 Å². The molecule has 120 valence electrons. The summed E-state index contributed by atoms with van der Waals surface area (Å²) >= 11 is 1.64. The molecule has 1 unspecified atom stereocenters. The number of rotatable bonds is 5. The van der Waals surface area contributed by atoms with E-state index in [1.807, 2.05) is 35.2 Å². The Kier molecular flexibility index (Phi) is 4.71. The summed E-state index contributed by atoms with van der Waals surface area (Å²) in [6.07, 6.45) is 3.51. The zero-order valence-electron chi connectivity index (χ0n) is 13.1. The van der Waals surface area contributed by atoms with E-state index in [4.69, 9.17) is 9.47 Å². The first kappa shape index (κ1) is 15.7. The highest BCUT2D eigenvalue weighted by Crippen LogP contribution is 2.39. The van der Waals surface area contributed by atoms with Crippen LogP contribution in [0.25, 0.3) is 0 Å². The Balaban J connectivity index is 1.86. The number of pyridine rings is 1. The Bertz CT molecular complexity index is 671. The van der Waals surface area contributed by atoms with Gasteiger partial charge in [-0.2, -0.15) is 0 Å². The summed E-state index contributed by atoms with van der Waals surface area (Å²) in [6.45, 7) is 0.520. The Labute approximate surface area is 139 Å². The maximum Gasteiger partial charge on any atom is 0.234 e. The van der Waals surface area contributed by atoms with Gasteiger partial charge in [-0.3, -0.25) is 9.78 Å². The normalized spacial score (nSPS) is 17.4. The fraction of sp³-hybridized carbons (Fsp3) is 0.294. The van der Waals surface area contributed by atoms with Crippen molar-refractivity contribution in [2.75, 3.05) is 20.0 Å². The molecule has 0 saturated carbocycles. The molecule has 1 saturated heterocycles. The molecule has 1 aromatic heterocycles. The Hall–Kier alpha value is -2.21. The van der Waals surface area contributed by atoms with Crippen molar-refractivity contribution < 1.29 is 14.3 Å². The molecule has 6 heteroatoms. The molecule has 1 aliphatic heterocycles. The van der Waals surface area contributed by atoms with E-state index in [0.29, 0.717) is 12.3 Å². The SMILES string of the molecule is COc1cc(CN2C(=O)CSC2c2ccncc2)cc(OC)c1. The Morgan fingerprint density at radius 1 is 1.17 bits per heavy atom. The van der Waals surface area contributed by atoms with Crippen LogP contribution in [0.2, 0.25) is 0 Å².